The van der Waals surface area contributed by atoms with Gasteiger partial charge in [0.25, 0.3) is 0 Å². The Morgan fingerprint density at radius 2 is 2.36 bits per heavy atom. The summed E-state index contributed by atoms with van der Waals surface area (Å²) < 4.78 is 0. The smallest absolute Gasteiger partial charge is 0.00990 e. The summed E-state index contributed by atoms with van der Waals surface area (Å²) in [6.45, 7) is 4.48. The summed E-state index contributed by atoms with van der Waals surface area (Å²) in [5.74, 6) is 0.767. The third kappa shape index (κ3) is 1.22. The van der Waals surface area contributed by atoms with E-state index in [1.54, 1.807) is 4.88 Å². The lowest BCUT2D eigenvalue weighted by Gasteiger charge is -2.17. The average molecular weight is 165 g/mol. The van der Waals surface area contributed by atoms with Gasteiger partial charge >= 0.3 is 0 Å². The highest BCUT2D eigenvalue weighted by molar-refractivity contribution is 7.12. The topological polar surface area (TPSA) is 0 Å². The minimum absolute atomic E-state index is 0.767. The van der Waals surface area contributed by atoms with Gasteiger partial charge in [-0.1, -0.05) is 6.92 Å². The van der Waals surface area contributed by atoms with E-state index in [4.69, 9.17) is 0 Å². The molecule has 1 heterocycles. The molecule has 0 nitrogen and oxygen atoms in total. The maximum absolute atomic E-state index is 3.46. The summed E-state index contributed by atoms with van der Waals surface area (Å²) in [7, 11) is 0. The molecule has 0 bridgehead atoms. The van der Waals surface area contributed by atoms with E-state index >= 15 is 0 Å². The van der Waals surface area contributed by atoms with Crippen LogP contribution in [0.5, 0.6) is 0 Å². The number of thiophene rings is 1. The molecule has 0 aromatic carbocycles. The van der Waals surface area contributed by atoms with E-state index in [-0.39, 0.29) is 0 Å². The lowest BCUT2D eigenvalue weighted by Crippen LogP contribution is -2.02. The Morgan fingerprint density at radius 3 is 3.09 bits per heavy atom. The molecule has 0 saturated carbocycles. The van der Waals surface area contributed by atoms with Crippen molar-refractivity contribution in [3.8, 4) is 0 Å². The highest BCUT2D eigenvalue weighted by atomic mass is 32.1. The summed E-state index contributed by atoms with van der Waals surface area (Å²) in [5, 5.41) is 0. The second kappa shape index (κ2) is 2.63. The van der Waals surface area contributed by atoms with Crippen LogP contribution in [-0.4, -0.2) is 0 Å². The van der Waals surface area contributed by atoms with Crippen molar-refractivity contribution in [2.45, 2.75) is 39.0 Å². The first-order valence-electron chi connectivity index (χ1n) is 4.29. The first-order chi connectivity index (χ1) is 5.27. The Labute approximate surface area is 72.3 Å². The van der Waals surface area contributed by atoms with E-state index in [0.29, 0.717) is 0 Å². The molecule has 0 spiro atoms. The first kappa shape index (κ1) is 7.35. The van der Waals surface area contributed by atoms with Crippen LogP contribution < -0.4 is 0 Å². The van der Waals surface area contributed by atoms with Crippen molar-refractivity contribution in [2.75, 3.05) is 0 Å². The Bertz CT molecular complexity index is 260. The molecule has 11 heavy (non-hydrogen) atoms. The maximum atomic E-state index is 3.46. The van der Waals surface area contributed by atoms with Crippen LogP contribution in [0.2, 0.25) is 0 Å². The fourth-order valence-corrected chi connectivity index (χ4v) is 2.96. The average Bonchev–Trinajstić information content (AvgIpc) is 2.31. The lowest BCUT2D eigenvalue weighted by atomic mass is 9.89. The normalized spacial score (nSPS) is 23.3. The van der Waals surface area contributed by atoms with Crippen LogP contribution in [0, 0.1) is 13.0 Å². The molecule has 1 aliphatic carbocycles. The Hall–Kier alpha value is -0.300. The fourth-order valence-electron chi connectivity index (χ4n) is 1.82. The lowest BCUT2D eigenvalue weighted by molar-refractivity contribution is 0.597. The highest BCUT2D eigenvalue weighted by Gasteiger charge is 2.18. The van der Waals surface area contributed by atoms with E-state index < -0.39 is 0 Å². The molecule has 0 amide bonds. The van der Waals surface area contributed by atoms with Crippen molar-refractivity contribution in [1.29, 1.82) is 0 Å². The van der Waals surface area contributed by atoms with Crippen LogP contribution in [0.1, 0.15) is 41.0 Å². The van der Waals surface area contributed by atoms with E-state index in [1.165, 1.54) is 29.7 Å². The third-order valence-corrected chi connectivity index (χ3v) is 3.50. The Morgan fingerprint density at radius 1 is 1.55 bits per heavy atom. The molecule has 1 atom stereocenters. The molecule has 1 aromatic heterocycles. The van der Waals surface area contributed by atoms with Gasteiger partial charge in [-0.15, -0.1) is 11.3 Å². The second-order valence-electron chi connectivity index (χ2n) is 3.41. The van der Waals surface area contributed by atoms with E-state index in [9.17, 15) is 0 Å². The van der Waals surface area contributed by atoms with Gasteiger partial charge in [0.1, 0.15) is 0 Å². The first-order valence-corrected chi connectivity index (χ1v) is 5.10. The Balaban J connectivity index is 2.43. The number of fused-ring (bicyclic) bond motifs is 1. The molecule has 59 valence electrons. The fraction of sp³-hybridized carbons (Fsp3) is 0.600. The van der Waals surface area contributed by atoms with Gasteiger partial charge in [0.05, 0.1) is 0 Å². The zero-order valence-corrected chi connectivity index (χ0v) is 7.92. The SMILES string of the molecule is Cc1[c]c2c(s1)CCCC2C. The molecular formula is C10H13S. The summed E-state index contributed by atoms with van der Waals surface area (Å²) in [6.07, 6.45) is 4.04. The number of rotatable bonds is 0. The van der Waals surface area contributed by atoms with E-state index in [0.717, 1.165) is 5.92 Å². The maximum Gasteiger partial charge on any atom is 0.00990 e. The van der Waals surface area contributed by atoms with E-state index in [2.05, 4.69) is 19.9 Å². The van der Waals surface area contributed by atoms with Crippen molar-refractivity contribution in [2.24, 2.45) is 0 Å². The molecule has 1 unspecified atom stereocenters. The van der Waals surface area contributed by atoms with Crippen LogP contribution in [0.15, 0.2) is 0 Å². The predicted molar refractivity (Wildman–Crippen MR) is 49.2 cm³/mol. The van der Waals surface area contributed by atoms with Crippen LogP contribution >= 0.6 is 11.3 Å². The third-order valence-electron chi connectivity index (χ3n) is 2.42. The minimum Gasteiger partial charge on any atom is -0.145 e. The van der Waals surface area contributed by atoms with Gasteiger partial charge in [-0.2, -0.15) is 0 Å². The standard InChI is InChI=1S/C10H13S/c1-7-4-3-5-10-9(7)6-8(2)11-10/h7H,3-5H2,1-2H3. The minimum atomic E-state index is 0.767. The summed E-state index contributed by atoms with van der Waals surface area (Å²) >= 11 is 1.94. The number of hydrogen-bond donors (Lipinski definition) is 0. The van der Waals surface area contributed by atoms with Gasteiger partial charge in [0.2, 0.25) is 0 Å². The quantitative estimate of drug-likeness (QED) is 0.553. The molecule has 1 aliphatic rings. The predicted octanol–water partition coefficient (Wildman–Crippen LogP) is 3.30. The van der Waals surface area contributed by atoms with Gasteiger partial charge in [-0.3, -0.25) is 0 Å². The Kier molecular flexibility index (Phi) is 1.76. The molecule has 1 heteroatoms. The molecule has 2 rings (SSSR count). The summed E-state index contributed by atoms with van der Waals surface area (Å²) in [5.41, 5.74) is 1.51. The second-order valence-corrected chi connectivity index (χ2v) is 4.72. The molecular weight excluding hydrogens is 152 g/mol. The highest BCUT2D eigenvalue weighted by Crippen LogP contribution is 2.35. The van der Waals surface area contributed by atoms with Crippen LogP contribution in [0.3, 0.4) is 0 Å². The van der Waals surface area contributed by atoms with Gasteiger partial charge in [-0.25, -0.2) is 0 Å². The summed E-state index contributed by atoms with van der Waals surface area (Å²) in [4.78, 5) is 2.96. The van der Waals surface area contributed by atoms with Crippen LogP contribution in [-0.2, 0) is 6.42 Å². The van der Waals surface area contributed by atoms with Crippen molar-refractivity contribution >= 4 is 11.3 Å². The van der Waals surface area contributed by atoms with Crippen molar-refractivity contribution < 1.29 is 0 Å². The monoisotopic (exact) mass is 165 g/mol. The molecule has 0 saturated heterocycles. The molecule has 0 aliphatic heterocycles. The molecule has 0 N–H and O–H groups in total. The largest absolute Gasteiger partial charge is 0.145 e. The van der Waals surface area contributed by atoms with Crippen LogP contribution in [0.4, 0.5) is 0 Å². The zero-order valence-electron chi connectivity index (χ0n) is 7.11. The molecule has 1 aromatic rings. The van der Waals surface area contributed by atoms with Crippen molar-refractivity contribution in [3.63, 3.8) is 0 Å². The number of hydrogen-bond acceptors (Lipinski definition) is 1. The zero-order chi connectivity index (χ0) is 7.84. The van der Waals surface area contributed by atoms with Crippen molar-refractivity contribution in [1.82, 2.24) is 0 Å². The summed E-state index contributed by atoms with van der Waals surface area (Å²) in [6, 6.07) is 3.46. The number of aryl methyl sites for hydroxylation is 2. The van der Waals surface area contributed by atoms with Gasteiger partial charge < -0.3 is 0 Å². The van der Waals surface area contributed by atoms with E-state index in [1.807, 2.05) is 11.3 Å². The van der Waals surface area contributed by atoms with Crippen LogP contribution in [0.25, 0.3) is 0 Å². The van der Waals surface area contributed by atoms with Gasteiger partial charge in [0, 0.05) is 15.8 Å². The molecule has 0 fully saturated rings. The van der Waals surface area contributed by atoms with Gasteiger partial charge in [-0.05, 0) is 37.7 Å². The van der Waals surface area contributed by atoms with Gasteiger partial charge in [0.15, 0.2) is 0 Å². The molecule has 1 radical (unpaired) electrons. The van der Waals surface area contributed by atoms with Crippen molar-refractivity contribution in [3.05, 3.63) is 21.4 Å².